The highest BCUT2D eigenvalue weighted by Crippen LogP contribution is 2.18. The van der Waals surface area contributed by atoms with E-state index in [0.29, 0.717) is 0 Å². The van der Waals surface area contributed by atoms with Gasteiger partial charge in [0.05, 0.1) is 0 Å². The summed E-state index contributed by atoms with van der Waals surface area (Å²) in [5.41, 5.74) is 0.318. The lowest BCUT2D eigenvalue weighted by atomic mass is 10.1. The van der Waals surface area contributed by atoms with E-state index in [-0.39, 0.29) is 12.5 Å². The Kier molecular flexibility index (Phi) is 5.51. The van der Waals surface area contributed by atoms with Gasteiger partial charge in [-0.15, -0.1) is 0 Å². The second-order valence-corrected chi connectivity index (χ2v) is 6.20. The minimum Gasteiger partial charge on any atom is -0.480 e. The minimum absolute atomic E-state index is 0.317. The molecule has 0 bridgehead atoms. The maximum atomic E-state index is 12.2. The summed E-state index contributed by atoms with van der Waals surface area (Å²) in [5.74, 6) is -1.35. The molecule has 108 valence electrons. The summed E-state index contributed by atoms with van der Waals surface area (Å²) in [5, 5.41) is 8.90. The van der Waals surface area contributed by atoms with Crippen LogP contribution in [0.25, 0.3) is 6.08 Å². The SMILES string of the molecule is CC(C)(C)N(CC(=O)O)C(=O)C=Cc1ccccc1Br. The van der Waals surface area contributed by atoms with Crippen molar-refractivity contribution < 1.29 is 14.7 Å². The molecule has 0 saturated heterocycles. The Morgan fingerprint density at radius 3 is 2.40 bits per heavy atom. The predicted octanol–water partition coefficient (Wildman–Crippen LogP) is 3.17. The zero-order chi connectivity index (χ0) is 15.3. The van der Waals surface area contributed by atoms with E-state index in [2.05, 4.69) is 15.9 Å². The van der Waals surface area contributed by atoms with Gasteiger partial charge in [0.2, 0.25) is 5.91 Å². The quantitative estimate of drug-likeness (QED) is 0.857. The largest absolute Gasteiger partial charge is 0.480 e. The van der Waals surface area contributed by atoms with E-state index < -0.39 is 11.5 Å². The summed E-state index contributed by atoms with van der Waals surface area (Å²) in [6, 6.07) is 7.50. The van der Waals surface area contributed by atoms with E-state index in [0.717, 1.165) is 10.0 Å². The minimum atomic E-state index is -1.03. The molecule has 0 fully saturated rings. The van der Waals surface area contributed by atoms with Crippen LogP contribution in [-0.2, 0) is 9.59 Å². The van der Waals surface area contributed by atoms with Crippen LogP contribution in [0.3, 0.4) is 0 Å². The molecule has 0 aromatic heterocycles. The fourth-order valence-electron chi connectivity index (χ4n) is 1.64. The van der Waals surface area contributed by atoms with Gasteiger partial charge in [-0.1, -0.05) is 34.1 Å². The number of benzene rings is 1. The molecule has 0 spiro atoms. The van der Waals surface area contributed by atoms with Gasteiger partial charge in [-0.3, -0.25) is 9.59 Å². The summed E-state index contributed by atoms with van der Waals surface area (Å²) in [6.45, 7) is 5.10. The van der Waals surface area contributed by atoms with Gasteiger partial charge in [-0.05, 0) is 38.5 Å². The van der Waals surface area contributed by atoms with Crippen LogP contribution < -0.4 is 0 Å². The lowest BCUT2D eigenvalue weighted by molar-refractivity contribution is -0.145. The summed E-state index contributed by atoms with van der Waals surface area (Å²) < 4.78 is 0.879. The molecule has 0 heterocycles. The van der Waals surface area contributed by atoms with Crippen molar-refractivity contribution >= 4 is 33.9 Å². The molecule has 4 nitrogen and oxygen atoms in total. The van der Waals surface area contributed by atoms with E-state index >= 15 is 0 Å². The Labute approximate surface area is 127 Å². The Hall–Kier alpha value is -1.62. The molecule has 20 heavy (non-hydrogen) atoms. The molecule has 0 aliphatic heterocycles. The molecule has 5 heteroatoms. The van der Waals surface area contributed by atoms with Crippen molar-refractivity contribution in [1.29, 1.82) is 0 Å². The number of carbonyl (C=O) groups is 2. The monoisotopic (exact) mass is 339 g/mol. The first kappa shape index (κ1) is 16.4. The molecular formula is C15H18BrNO3. The van der Waals surface area contributed by atoms with Gasteiger partial charge in [0.25, 0.3) is 0 Å². The lowest BCUT2D eigenvalue weighted by Gasteiger charge is -2.33. The van der Waals surface area contributed by atoms with E-state index in [1.54, 1.807) is 26.8 Å². The second-order valence-electron chi connectivity index (χ2n) is 5.34. The number of amides is 1. The number of carboxylic acid groups (broad SMARTS) is 1. The van der Waals surface area contributed by atoms with Crippen molar-refractivity contribution in [3.05, 3.63) is 40.4 Å². The van der Waals surface area contributed by atoms with Gasteiger partial charge < -0.3 is 10.0 Å². The number of halogens is 1. The van der Waals surface area contributed by atoms with E-state index in [4.69, 9.17) is 5.11 Å². The molecule has 1 amide bonds. The second kappa shape index (κ2) is 6.70. The number of carboxylic acids is 1. The van der Waals surface area contributed by atoms with Gasteiger partial charge >= 0.3 is 5.97 Å². The topological polar surface area (TPSA) is 57.6 Å². The highest BCUT2D eigenvalue weighted by atomic mass is 79.9. The first-order valence-electron chi connectivity index (χ1n) is 6.18. The van der Waals surface area contributed by atoms with Crippen molar-refractivity contribution in [2.75, 3.05) is 6.54 Å². The maximum absolute atomic E-state index is 12.2. The molecule has 0 unspecified atom stereocenters. The third-order valence-corrected chi connectivity index (χ3v) is 3.40. The van der Waals surface area contributed by atoms with Crippen molar-refractivity contribution in [3.8, 4) is 0 Å². The lowest BCUT2D eigenvalue weighted by Crippen LogP contribution is -2.47. The van der Waals surface area contributed by atoms with Crippen LogP contribution in [0.2, 0.25) is 0 Å². The molecule has 0 radical (unpaired) electrons. The van der Waals surface area contributed by atoms with Gasteiger partial charge in [0, 0.05) is 16.1 Å². The highest BCUT2D eigenvalue weighted by molar-refractivity contribution is 9.10. The zero-order valence-electron chi connectivity index (χ0n) is 11.8. The highest BCUT2D eigenvalue weighted by Gasteiger charge is 2.26. The van der Waals surface area contributed by atoms with Gasteiger partial charge in [-0.25, -0.2) is 0 Å². The number of hydrogen-bond acceptors (Lipinski definition) is 2. The summed E-state index contributed by atoms with van der Waals surface area (Å²) in [7, 11) is 0. The average molecular weight is 340 g/mol. The predicted molar refractivity (Wildman–Crippen MR) is 82.3 cm³/mol. The fraction of sp³-hybridized carbons (Fsp3) is 0.333. The normalized spacial score (nSPS) is 11.6. The van der Waals surface area contributed by atoms with Gasteiger partial charge in [-0.2, -0.15) is 0 Å². The van der Waals surface area contributed by atoms with Crippen molar-refractivity contribution in [3.63, 3.8) is 0 Å². The number of hydrogen-bond donors (Lipinski definition) is 1. The third-order valence-electron chi connectivity index (χ3n) is 2.68. The molecule has 1 aromatic rings. The molecule has 0 saturated carbocycles. The zero-order valence-corrected chi connectivity index (χ0v) is 13.3. The Bertz CT molecular complexity index is 532. The van der Waals surface area contributed by atoms with Crippen LogP contribution in [-0.4, -0.2) is 34.0 Å². The average Bonchev–Trinajstić information content (AvgIpc) is 2.33. The number of nitrogens with zero attached hydrogens (tertiary/aromatic N) is 1. The standard InChI is InChI=1S/C15H18BrNO3/c1-15(2,3)17(10-14(19)20)13(18)9-8-11-6-4-5-7-12(11)16/h4-9H,10H2,1-3H3,(H,19,20). The maximum Gasteiger partial charge on any atom is 0.323 e. The Morgan fingerprint density at radius 1 is 1.30 bits per heavy atom. The summed E-state index contributed by atoms with van der Waals surface area (Å²) in [6.07, 6.45) is 3.07. The van der Waals surface area contributed by atoms with Crippen molar-refractivity contribution in [2.24, 2.45) is 0 Å². The van der Waals surface area contributed by atoms with Crippen molar-refractivity contribution in [1.82, 2.24) is 4.90 Å². The summed E-state index contributed by atoms with van der Waals surface area (Å²) >= 11 is 3.39. The molecule has 0 aliphatic rings. The molecule has 1 rings (SSSR count). The third kappa shape index (κ3) is 4.81. The molecule has 1 N–H and O–H groups in total. The van der Waals surface area contributed by atoms with Crippen LogP contribution in [0.5, 0.6) is 0 Å². The van der Waals surface area contributed by atoms with E-state index in [1.807, 2.05) is 24.3 Å². The first-order valence-corrected chi connectivity index (χ1v) is 6.97. The molecular weight excluding hydrogens is 322 g/mol. The number of aliphatic carboxylic acids is 1. The molecule has 1 aromatic carbocycles. The van der Waals surface area contributed by atoms with E-state index in [9.17, 15) is 9.59 Å². The Balaban J connectivity index is 2.92. The number of rotatable bonds is 4. The molecule has 0 atom stereocenters. The van der Waals surface area contributed by atoms with Crippen LogP contribution in [0.4, 0.5) is 0 Å². The van der Waals surface area contributed by atoms with Crippen LogP contribution in [0.15, 0.2) is 34.8 Å². The van der Waals surface area contributed by atoms with Crippen LogP contribution >= 0.6 is 15.9 Å². The first-order chi connectivity index (χ1) is 9.21. The van der Waals surface area contributed by atoms with Crippen molar-refractivity contribution in [2.45, 2.75) is 26.3 Å². The van der Waals surface area contributed by atoms with Gasteiger partial charge in [0.15, 0.2) is 0 Å². The van der Waals surface area contributed by atoms with Gasteiger partial charge in [0.1, 0.15) is 6.54 Å². The van der Waals surface area contributed by atoms with E-state index in [1.165, 1.54) is 11.0 Å². The Morgan fingerprint density at radius 2 is 1.90 bits per heavy atom. The smallest absolute Gasteiger partial charge is 0.323 e. The summed E-state index contributed by atoms with van der Waals surface area (Å²) in [4.78, 5) is 24.4. The van der Waals surface area contributed by atoms with Crippen LogP contribution in [0, 0.1) is 0 Å². The number of carbonyl (C=O) groups excluding carboxylic acids is 1. The fourth-order valence-corrected chi connectivity index (χ4v) is 2.06. The van der Waals surface area contributed by atoms with Crippen LogP contribution in [0.1, 0.15) is 26.3 Å². The molecule has 0 aliphatic carbocycles.